The molecule has 0 amide bonds. The van der Waals surface area contributed by atoms with Crippen molar-refractivity contribution in [3.8, 4) is 5.75 Å². The van der Waals surface area contributed by atoms with Crippen LogP contribution < -0.4 is 9.46 Å². The van der Waals surface area contributed by atoms with Gasteiger partial charge in [0.25, 0.3) is 0 Å². The maximum absolute atomic E-state index is 12.5. The minimum atomic E-state index is -3.94. The Balaban J connectivity index is 3.39. The van der Waals surface area contributed by atoms with E-state index in [0.29, 0.717) is 12.0 Å². The van der Waals surface area contributed by atoms with Crippen LogP contribution in [0.1, 0.15) is 33.3 Å². The van der Waals surface area contributed by atoms with Crippen molar-refractivity contribution in [2.45, 2.75) is 51.2 Å². The van der Waals surface area contributed by atoms with Crippen LogP contribution in [0.5, 0.6) is 5.75 Å². The van der Waals surface area contributed by atoms with E-state index in [2.05, 4.69) is 9.46 Å². The van der Waals surface area contributed by atoms with Crippen molar-refractivity contribution in [2.75, 3.05) is 0 Å². The lowest BCUT2D eigenvalue weighted by atomic mass is 10.1. The number of ether oxygens (including phenoxy) is 1. The van der Waals surface area contributed by atoms with Gasteiger partial charge in [-0.1, -0.05) is 24.6 Å². The van der Waals surface area contributed by atoms with Gasteiger partial charge in [-0.25, -0.2) is 13.1 Å². The molecule has 1 rings (SSSR count). The van der Waals surface area contributed by atoms with Crippen molar-refractivity contribution in [3.63, 3.8) is 0 Å². The lowest BCUT2D eigenvalue weighted by molar-refractivity contribution is -0.0505. The zero-order chi connectivity index (χ0) is 16.4. The van der Waals surface area contributed by atoms with E-state index in [1.54, 1.807) is 27.7 Å². The summed E-state index contributed by atoms with van der Waals surface area (Å²) in [7, 11) is -3.94. The maximum Gasteiger partial charge on any atom is 0.387 e. The molecule has 0 saturated carbocycles. The van der Waals surface area contributed by atoms with Crippen LogP contribution in [0, 0.1) is 0 Å². The monoisotopic (exact) mass is 341 g/mol. The number of halogens is 3. The molecule has 0 radical (unpaired) electrons. The Kier molecular flexibility index (Phi) is 5.57. The molecule has 0 aliphatic rings. The molecule has 1 N–H and O–H groups in total. The van der Waals surface area contributed by atoms with Gasteiger partial charge < -0.3 is 4.74 Å². The normalized spacial score (nSPS) is 12.8. The van der Waals surface area contributed by atoms with Gasteiger partial charge in [0.15, 0.2) is 0 Å². The Morgan fingerprint density at radius 2 is 1.90 bits per heavy atom. The molecule has 0 atom stereocenters. The minimum absolute atomic E-state index is 0.285. The van der Waals surface area contributed by atoms with Gasteiger partial charge >= 0.3 is 6.61 Å². The smallest absolute Gasteiger partial charge is 0.387 e. The molecule has 8 heteroatoms. The van der Waals surface area contributed by atoms with E-state index in [1.807, 2.05) is 0 Å². The lowest BCUT2D eigenvalue weighted by Crippen LogP contribution is -2.40. The van der Waals surface area contributed by atoms with Gasteiger partial charge in [-0.05, 0) is 38.8 Å². The van der Waals surface area contributed by atoms with Gasteiger partial charge in [0, 0.05) is 5.54 Å². The fourth-order valence-corrected chi connectivity index (χ4v) is 3.76. The second kappa shape index (κ2) is 6.46. The lowest BCUT2D eigenvalue weighted by Gasteiger charge is -2.22. The molecule has 1 aromatic carbocycles. The molecule has 1 aromatic rings. The summed E-state index contributed by atoms with van der Waals surface area (Å²) in [5, 5.41) is -0.341. The van der Waals surface area contributed by atoms with Crippen molar-refractivity contribution in [1.29, 1.82) is 0 Å². The highest BCUT2D eigenvalue weighted by atomic mass is 35.5. The summed E-state index contributed by atoms with van der Waals surface area (Å²) >= 11 is 5.97. The fourth-order valence-electron chi connectivity index (χ4n) is 1.74. The van der Waals surface area contributed by atoms with E-state index in [1.165, 1.54) is 12.1 Å². The molecule has 0 aliphatic carbocycles. The molecule has 0 bridgehead atoms. The number of benzene rings is 1. The van der Waals surface area contributed by atoms with Gasteiger partial charge in [0.05, 0.1) is 0 Å². The summed E-state index contributed by atoms with van der Waals surface area (Å²) in [6.07, 6.45) is 0.384. The molecule has 0 fully saturated rings. The first-order valence-electron chi connectivity index (χ1n) is 6.28. The van der Waals surface area contributed by atoms with Crippen LogP contribution >= 0.6 is 11.6 Å². The summed E-state index contributed by atoms with van der Waals surface area (Å²) in [5.41, 5.74) is -0.315. The second-order valence-electron chi connectivity index (χ2n) is 5.45. The summed E-state index contributed by atoms with van der Waals surface area (Å²) < 4.78 is 56.3. The fraction of sp³-hybridized carbons (Fsp3) is 0.538. The van der Waals surface area contributed by atoms with Gasteiger partial charge in [0.1, 0.15) is 15.7 Å². The Morgan fingerprint density at radius 3 is 2.33 bits per heavy atom. The second-order valence-corrected chi connectivity index (χ2v) is 7.48. The highest BCUT2D eigenvalue weighted by Gasteiger charge is 2.27. The number of alkyl halides is 2. The largest absolute Gasteiger partial charge is 0.433 e. The molecule has 21 heavy (non-hydrogen) atoms. The average Bonchev–Trinajstić information content (AvgIpc) is 2.27. The summed E-state index contributed by atoms with van der Waals surface area (Å²) in [6, 6.07) is 2.70. The summed E-state index contributed by atoms with van der Waals surface area (Å²) in [4.78, 5) is -0.285. The third-order valence-electron chi connectivity index (χ3n) is 2.46. The first kappa shape index (κ1) is 18.1. The van der Waals surface area contributed by atoms with E-state index in [9.17, 15) is 17.2 Å². The van der Waals surface area contributed by atoms with Gasteiger partial charge in [0.2, 0.25) is 10.0 Å². The van der Waals surface area contributed by atoms with E-state index in [4.69, 9.17) is 11.6 Å². The molecule has 0 aromatic heterocycles. The Morgan fingerprint density at radius 1 is 1.33 bits per heavy atom. The molecule has 0 heterocycles. The average molecular weight is 342 g/mol. The van der Waals surface area contributed by atoms with Crippen molar-refractivity contribution in [1.82, 2.24) is 4.72 Å². The number of aryl methyl sites for hydroxylation is 1. The molecule has 0 saturated heterocycles. The van der Waals surface area contributed by atoms with Crippen LogP contribution in [0.3, 0.4) is 0 Å². The number of hydrogen-bond donors (Lipinski definition) is 1. The third kappa shape index (κ3) is 4.79. The quantitative estimate of drug-likeness (QED) is 0.890. The number of sulfonamides is 1. The Bertz CT molecular complexity index is 613. The van der Waals surface area contributed by atoms with Crippen molar-refractivity contribution >= 4 is 21.6 Å². The van der Waals surface area contributed by atoms with E-state index in [-0.39, 0.29) is 15.7 Å². The predicted octanol–water partition coefficient (Wildman–Crippen LogP) is 3.58. The van der Waals surface area contributed by atoms with Crippen LogP contribution in [0.15, 0.2) is 17.0 Å². The molecule has 0 spiro atoms. The third-order valence-corrected chi connectivity index (χ3v) is 4.75. The topological polar surface area (TPSA) is 55.4 Å². The summed E-state index contributed by atoms with van der Waals surface area (Å²) in [5.74, 6) is -0.300. The van der Waals surface area contributed by atoms with E-state index < -0.39 is 22.2 Å². The SMILES string of the molecule is CCc1ccc(S(=O)(=O)NC(C)(C)C)c(Cl)c1OC(F)F. The van der Waals surface area contributed by atoms with Crippen molar-refractivity contribution < 1.29 is 21.9 Å². The highest BCUT2D eigenvalue weighted by Crippen LogP contribution is 2.36. The van der Waals surface area contributed by atoms with Crippen molar-refractivity contribution in [2.24, 2.45) is 0 Å². The zero-order valence-corrected chi connectivity index (χ0v) is 13.8. The first-order valence-corrected chi connectivity index (χ1v) is 8.14. The van der Waals surface area contributed by atoms with Crippen LogP contribution in [-0.4, -0.2) is 20.6 Å². The number of nitrogens with one attached hydrogen (secondary N) is 1. The number of hydrogen-bond acceptors (Lipinski definition) is 3. The molecule has 120 valence electrons. The Labute approximate surface area is 128 Å². The van der Waals surface area contributed by atoms with Gasteiger partial charge in [-0.2, -0.15) is 8.78 Å². The molecule has 4 nitrogen and oxygen atoms in total. The standard InChI is InChI=1S/C13H18ClF2NO3S/c1-5-8-6-7-9(10(14)11(8)20-12(15)16)21(18,19)17-13(2,3)4/h6-7,12,17H,5H2,1-4H3. The van der Waals surface area contributed by atoms with E-state index >= 15 is 0 Å². The van der Waals surface area contributed by atoms with Crippen LogP contribution in [0.4, 0.5) is 8.78 Å². The minimum Gasteiger partial charge on any atom is -0.433 e. The van der Waals surface area contributed by atoms with Gasteiger partial charge in [-0.15, -0.1) is 0 Å². The predicted molar refractivity (Wildman–Crippen MR) is 77.5 cm³/mol. The number of rotatable bonds is 5. The Hall–Kier alpha value is -0.920. The molecular weight excluding hydrogens is 324 g/mol. The van der Waals surface area contributed by atoms with Crippen LogP contribution in [0.25, 0.3) is 0 Å². The molecule has 0 unspecified atom stereocenters. The zero-order valence-electron chi connectivity index (χ0n) is 12.2. The van der Waals surface area contributed by atoms with E-state index in [0.717, 1.165) is 0 Å². The van der Waals surface area contributed by atoms with Crippen molar-refractivity contribution in [3.05, 3.63) is 22.7 Å². The highest BCUT2D eigenvalue weighted by molar-refractivity contribution is 7.89. The first-order chi connectivity index (χ1) is 9.48. The van der Waals surface area contributed by atoms with Crippen LogP contribution in [-0.2, 0) is 16.4 Å². The van der Waals surface area contributed by atoms with Gasteiger partial charge in [-0.3, -0.25) is 0 Å². The molecule has 0 aliphatic heterocycles. The summed E-state index contributed by atoms with van der Waals surface area (Å²) in [6.45, 7) is 3.63. The maximum atomic E-state index is 12.5. The molecular formula is C13H18ClF2NO3S. The van der Waals surface area contributed by atoms with Crippen LogP contribution in [0.2, 0.25) is 5.02 Å².